The van der Waals surface area contributed by atoms with Crippen molar-refractivity contribution in [2.45, 2.75) is 20.3 Å². The molecule has 0 saturated carbocycles. The molecule has 0 spiro atoms. The molecule has 2 rings (SSSR count). The Kier molecular flexibility index (Phi) is 4.21. The predicted molar refractivity (Wildman–Crippen MR) is 81.6 cm³/mol. The number of carboxylic acids is 1. The van der Waals surface area contributed by atoms with E-state index < -0.39 is 11.4 Å². The summed E-state index contributed by atoms with van der Waals surface area (Å²) in [6.07, 6.45) is 0.401. The van der Waals surface area contributed by atoms with E-state index in [0.29, 0.717) is 12.1 Å². The van der Waals surface area contributed by atoms with E-state index in [4.69, 9.17) is 5.11 Å². The molecule has 1 fully saturated rings. The molecular weight excluding hydrogens is 284 g/mol. The Labute approximate surface area is 129 Å². The second-order valence-corrected chi connectivity index (χ2v) is 6.26. The maximum atomic E-state index is 12.0. The average molecular weight is 304 g/mol. The van der Waals surface area contributed by atoms with Crippen molar-refractivity contribution in [2.24, 2.45) is 5.41 Å². The van der Waals surface area contributed by atoms with Gasteiger partial charge in [0.15, 0.2) is 0 Å². The second kappa shape index (κ2) is 5.79. The number of hydrogen-bond donors (Lipinski definition) is 1. The number of benzene rings is 1. The Morgan fingerprint density at radius 3 is 2.27 bits per heavy atom. The maximum absolute atomic E-state index is 12.0. The van der Waals surface area contributed by atoms with Crippen LogP contribution in [-0.2, 0) is 20.8 Å². The minimum atomic E-state index is -0.851. The number of likely N-dealkylation sites (N-methyl/N-ethyl adjacent to an activating group) is 1. The van der Waals surface area contributed by atoms with Crippen molar-refractivity contribution < 1.29 is 19.5 Å². The number of hydrogen-bond acceptors (Lipinski definition) is 3. The lowest BCUT2D eigenvalue weighted by Gasteiger charge is -2.31. The summed E-state index contributed by atoms with van der Waals surface area (Å²) >= 11 is 0. The first-order valence-electron chi connectivity index (χ1n) is 7.07. The summed E-state index contributed by atoms with van der Waals surface area (Å²) in [5.74, 6) is -1.08. The van der Waals surface area contributed by atoms with Crippen LogP contribution in [0.15, 0.2) is 24.3 Å². The molecule has 1 aromatic rings. The van der Waals surface area contributed by atoms with Crippen LogP contribution >= 0.6 is 0 Å². The summed E-state index contributed by atoms with van der Waals surface area (Å²) in [6.45, 7) is 3.46. The van der Waals surface area contributed by atoms with Gasteiger partial charge in [-0.2, -0.15) is 0 Å². The van der Waals surface area contributed by atoms with E-state index in [0.717, 1.165) is 5.56 Å². The van der Waals surface area contributed by atoms with E-state index in [1.54, 1.807) is 45.2 Å². The lowest BCUT2D eigenvalue weighted by Crippen LogP contribution is -2.52. The molecule has 118 valence electrons. The Morgan fingerprint density at radius 1 is 1.14 bits per heavy atom. The Bertz CT molecular complexity index is 607. The third-order valence-corrected chi connectivity index (χ3v) is 3.87. The molecule has 0 unspecified atom stereocenters. The number of carbonyl (C=O) groups is 3. The third-order valence-electron chi connectivity index (χ3n) is 3.87. The fourth-order valence-corrected chi connectivity index (χ4v) is 2.34. The van der Waals surface area contributed by atoms with Gasteiger partial charge in [-0.1, -0.05) is 12.1 Å². The van der Waals surface area contributed by atoms with Gasteiger partial charge in [0.1, 0.15) is 6.54 Å². The minimum Gasteiger partial charge on any atom is -0.481 e. The van der Waals surface area contributed by atoms with Crippen LogP contribution in [0.5, 0.6) is 0 Å². The number of anilines is 1. The highest BCUT2D eigenvalue weighted by molar-refractivity contribution is 6.04. The van der Waals surface area contributed by atoms with Gasteiger partial charge < -0.3 is 14.9 Å². The molecule has 0 bridgehead atoms. The fourth-order valence-electron chi connectivity index (χ4n) is 2.34. The van der Waals surface area contributed by atoms with Crippen LogP contribution in [0.2, 0.25) is 0 Å². The highest BCUT2D eigenvalue weighted by Gasteiger charge is 2.29. The number of carbonyl (C=O) groups excluding carboxylic acids is 2. The van der Waals surface area contributed by atoms with E-state index in [1.165, 1.54) is 9.80 Å². The Morgan fingerprint density at radius 2 is 1.73 bits per heavy atom. The zero-order valence-corrected chi connectivity index (χ0v) is 13.0. The van der Waals surface area contributed by atoms with Crippen molar-refractivity contribution in [2.75, 3.05) is 25.0 Å². The van der Waals surface area contributed by atoms with Gasteiger partial charge in [-0.25, -0.2) is 0 Å². The van der Waals surface area contributed by atoms with Gasteiger partial charge in [0.05, 0.1) is 12.0 Å². The molecule has 22 heavy (non-hydrogen) atoms. The number of rotatable bonds is 4. The SMILES string of the molecule is CN1CC(=O)N(c2ccc(CC(C)(C)C(=O)O)cc2)CC1=O. The topological polar surface area (TPSA) is 77.9 Å². The molecule has 1 aliphatic rings. The molecule has 1 N–H and O–H groups in total. The van der Waals surface area contributed by atoms with Gasteiger partial charge in [0.25, 0.3) is 0 Å². The van der Waals surface area contributed by atoms with Gasteiger partial charge in [-0.15, -0.1) is 0 Å². The van der Waals surface area contributed by atoms with Crippen molar-refractivity contribution in [3.05, 3.63) is 29.8 Å². The van der Waals surface area contributed by atoms with E-state index in [-0.39, 0.29) is 24.9 Å². The van der Waals surface area contributed by atoms with Crippen LogP contribution < -0.4 is 4.90 Å². The number of amides is 2. The zero-order chi connectivity index (χ0) is 16.5. The molecule has 2 amide bonds. The van der Waals surface area contributed by atoms with Crippen LogP contribution in [0.25, 0.3) is 0 Å². The van der Waals surface area contributed by atoms with E-state index >= 15 is 0 Å². The monoisotopic (exact) mass is 304 g/mol. The van der Waals surface area contributed by atoms with Crippen molar-refractivity contribution in [3.8, 4) is 0 Å². The Balaban J connectivity index is 2.14. The largest absolute Gasteiger partial charge is 0.481 e. The molecule has 1 aromatic carbocycles. The molecule has 1 saturated heterocycles. The van der Waals surface area contributed by atoms with Crippen molar-refractivity contribution in [1.82, 2.24) is 4.90 Å². The summed E-state index contributed by atoms with van der Waals surface area (Å²) < 4.78 is 0. The lowest BCUT2D eigenvalue weighted by molar-refractivity contribution is -0.146. The molecule has 1 heterocycles. The number of aliphatic carboxylic acids is 1. The Hall–Kier alpha value is -2.37. The summed E-state index contributed by atoms with van der Waals surface area (Å²) in [4.78, 5) is 37.7. The standard InChI is InChI=1S/C16H20N2O4/c1-16(2,15(21)22)8-11-4-6-12(7-5-11)18-10-13(19)17(3)9-14(18)20/h4-7H,8-10H2,1-3H3,(H,21,22). The molecular formula is C16H20N2O4. The average Bonchev–Trinajstić information content (AvgIpc) is 2.43. The fraction of sp³-hybridized carbons (Fsp3) is 0.438. The van der Waals surface area contributed by atoms with Gasteiger partial charge >= 0.3 is 5.97 Å². The third kappa shape index (κ3) is 3.27. The molecule has 0 aromatic heterocycles. The van der Waals surface area contributed by atoms with E-state index in [1.807, 2.05) is 0 Å². The van der Waals surface area contributed by atoms with Crippen LogP contribution in [0, 0.1) is 5.41 Å². The van der Waals surface area contributed by atoms with Gasteiger partial charge in [0, 0.05) is 12.7 Å². The van der Waals surface area contributed by atoms with E-state index in [2.05, 4.69) is 0 Å². The second-order valence-electron chi connectivity index (χ2n) is 6.26. The highest BCUT2D eigenvalue weighted by atomic mass is 16.4. The van der Waals surface area contributed by atoms with Crippen molar-refractivity contribution in [1.29, 1.82) is 0 Å². The first-order valence-corrected chi connectivity index (χ1v) is 7.07. The summed E-state index contributed by atoms with van der Waals surface area (Å²) in [5.41, 5.74) is 0.689. The minimum absolute atomic E-state index is 0.0370. The van der Waals surface area contributed by atoms with Crippen molar-refractivity contribution >= 4 is 23.5 Å². The smallest absolute Gasteiger partial charge is 0.309 e. The van der Waals surface area contributed by atoms with Crippen LogP contribution in [0.4, 0.5) is 5.69 Å². The maximum Gasteiger partial charge on any atom is 0.309 e. The summed E-state index contributed by atoms with van der Waals surface area (Å²) in [5, 5.41) is 9.15. The molecule has 6 heteroatoms. The van der Waals surface area contributed by atoms with Gasteiger partial charge in [-0.3, -0.25) is 14.4 Å². The molecule has 6 nitrogen and oxygen atoms in total. The number of piperazine rings is 1. The predicted octanol–water partition coefficient (Wildman–Crippen LogP) is 1.14. The van der Waals surface area contributed by atoms with Gasteiger partial charge in [-0.05, 0) is 38.0 Å². The van der Waals surface area contributed by atoms with Crippen LogP contribution in [0.3, 0.4) is 0 Å². The first kappa shape index (κ1) is 16.0. The molecule has 0 radical (unpaired) electrons. The number of nitrogens with zero attached hydrogens (tertiary/aromatic N) is 2. The number of carboxylic acid groups (broad SMARTS) is 1. The van der Waals surface area contributed by atoms with Crippen molar-refractivity contribution in [3.63, 3.8) is 0 Å². The zero-order valence-electron chi connectivity index (χ0n) is 13.0. The molecule has 0 atom stereocenters. The normalized spacial score (nSPS) is 16.1. The summed E-state index contributed by atoms with van der Waals surface area (Å²) in [6, 6.07) is 7.11. The quantitative estimate of drug-likeness (QED) is 0.905. The first-order chi connectivity index (χ1) is 10.2. The molecule has 0 aliphatic carbocycles. The highest BCUT2D eigenvalue weighted by Crippen LogP contribution is 2.24. The summed E-state index contributed by atoms with van der Waals surface area (Å²) in [7, 11) is 1.61. The molecule has 1 aliphatic heterocycles. The van der Waals surface area contributed by atoms with E-state index in [9.17, 15) is 14.4 Å². The van der Waals surface area contributed by atoms with Crippen LogP contribution in [0.1, 0.15) is 19.4 Å². The van der Waals surface area contributed by atoms with Crippen LogP contribution in [-0.4, -0.2) is 47.9 Å². The van der Waals surface area contributed by atoms with Gasteiger partial charge in [0.2, 0.25) is 11.8 Å². The lowest BCUT2D eigenvalue weighted by atomic mass is 9.86.